The summed E-state index contributed by atoms with van der Waals surface area (Å²) in [5.74, 6) is 0. The minimum absolute atomic E-state index is 0.229. The molecule has 0 fully saturated rings. The lowest BCUT2D eigenvalue weighted by atomic mass is 10.2. The van der Waals surface area contributed by atoms with E-state index in [0.29, 0.717) is 0 Å². The molecule has 62 valence electrons. The van der Waals surface area contributed by atoms with Crippen molar-refractivity contribution in [3.8, 4) is 0 Å². The first-order valence-electron chi connectivity index (χ1n) is 3.60. The third-order valence-corrected chi connectivity index (χ3v) is 2.93. The summed E-state index contributed by atoms with van der Waals surface area (Å²) < 4.78 is 0. The summed E-state index contributed by atoms with van der Waals surface area (Å²) in [5.41, 5.74) is 0. The number of hydrogen-bond donors (Lipinski definition) is 1. The number of aliphatic hydroxyl groups excluding tert-OH is 1. The third-order valence-electron chi connectivity index (χ3n) is 1.48. The van der Waals surface area contributed by atoms with Crippen molar-refractivity contribution in [2.45, 2.75) is 25.9 Å². The van der Waals surface area contributed by atoms with Gasteiger partial charge in [0.05, 0.1) is 11.1 Å². The van der Waals surface area contributed by atoms with Crippen molar-refractivity contribution in [1.29, 1.82) is 0 Å². The minimum atomic E-state index is -0.229. The monoisotopic (exact) mass is 190 g/mol. The van der Waals surface area contributed by atoms with Crippen LogP contribution in [-0.2, 0) is 6.42 Å². The van der Waals surface area contributed by atoms with Crippen molar-refractivity contribution in [3.05, 3.63) is 21.3 Å². The van der Waals surface area contributed by atoms with E-state index >= 15 is 0 Å². The first-order chi connectivity index (χ1) is 5.20. The van der Waals surface area contributed by atoms with Crippen molar-refractivity contribution in [1.82, 2.24) is 0 Å². The Kier molecular flexibility index (Phi) is 3.37. The van der Waals surface area contributed by atoms with Crippen LogP contribution in [0.4, 0.5) is 0 Å². The van der Waals surface area contributed by atoms with Crippen molar-refractivity contribution in [3.63, 3.8) is 0 Å². The van der Waals surface area contributed by atoms with E-state index in [4.69, 9.17) is 16.7 Å². The molecule has 0 amide bonds. The quantitative estimate of drug-likeness (QED) is 0.777. The van der Waals surface area contributed by atoms with Gasteiger partial charge in [0.2, 0.25) is 0 Å². The number of rotatable bonds is 3. The maximum atomic E-state index is 9.00. The van der Waals surface area contributed by atoms with Crippen LogP contribution in [0.1, 0.15) is 18.2 Å². The Morgan fingerprint density at radius 3 is 2.91 bits per heavy atom. The molecule has 1 nitrogen and oxygen atoms in total. The average molecular weight is 191 g/mol. The summed E-state index contributed by atoms with van der Waals surface area (Å²) in [5, 5.41) is 11.8. The molecule has 1 aromatic heterocycles. The highest BCUT2D eigenvalue weighted by molar-refractivity contribution is 7.10. The highest BCUT2D eigenvalue weighted by Gasteiger charge is 2.02. The zero-order chi connectivity index (χ0) is 8.27. The predicted molar refractivity (Wildman–Crippen MR) is 49.3 cm³/mol. The van der Waals surface area contributed by atoms with Gasteiger partial charge in [-0.25, -0.2) is 0 Å². The van der Waals surface area contributed by atoms with Gasteiger partial charge in [-0.3, -0.25) is 0 Å². The summed E-state index contributed by atoms with van der Waals surface area (Å²) >= 11 is 7.50. The molecule has 11 heavy (non-hydrogen) atoms. The molecule has 1 N–H and O–H groups in total. The maximum Gasteiger partial charge on any atom is 0.0545 e. The average Bonchev–Trinajstić information content (AvgIpc) is 2.31. The van der Waals surface area contributed by atoms with E-state index in [1.165, 1.54) is 4.88 Å². The van der Waals surface area contributed by atoms with Crippen LogP contribution in [0.15, 0.2) is 11.4 Å². The fourth-order valence-electron chi connectivity index (χ4n) is 0.843. The van der Waals surface area contributed by atoms with Crippen molar-refractivity contribution < 1.29 is 5.11 Å². The van der Waals surface area contributed by atoms with Crippen LogP contribution in [0.3, 0.4) is 0 Å². The van der Waals surface area contributed by atoms with E-state index in [9.17, 15) is 0 Å². The molecule has 0 bridgehead atoms. The van der Waals surface area contributed by atoms with Gasteiger partial charge in [-0.05, 0) is 31.2 Å². The Hall–Kier alpha value is -0.0500. The molecule has 0 aliphatic rings. The number of aryl methyl sites for hydroxylation is 1. The summed E-state index contributed by atoms with van der Waals surface area (Å²) in [4.78, 5) is 1.17. The maximum absolute atomic E-state index is 9.00. The number of halogens is 1. The Morgan fingerprint density at radius 2 is 2.45 bits per heavy atom. The molecule has 3 heteroatoms. The van der Waals surface area contributed by atoms with Crippen LogP contribution in [0.25, 0.3) is 0 Å². The van der Waals surface area contributed by atoms with Crippen LogP contribution in [0.2, 0.25) is 5.02 Å². The number of hydrogen-bond acceptors (Lipinski definition) is 2. The van der Waals surface area contributed by atoms with Crippen LogP contribution in [0.5, 0.6) is 0 Å². The zero-order valence-electron chi connectivity index (χ0n) is 6.38. The van der Waals surface area contributed by atoms with Crippen LogP contribution in [-0.4, -0.2) is 11.2 Å². The van der Waals surface area contributed by atoms with Crippen molar-refractivity contribution >= 4 is 22.9 Å². The molecule has 0 aromatic carbocycles. The Labute approximate surface area is 75.6 Å². The highest BCUT2D eigenvalue weighted by Crippen LogP contribution is 2.23. The zero-order valence-corrected chi connectivity index (χ0v) is 7.95. The topological polar surface area (TPSA) is 20.2 Å². The first kappa shape index (κ1) is 9.04. The normalized spacial score (nSPS) is 13.4. The van der Waals surface area contributed by atoms with Gasteiger partial charge in [0.1, 0.15) is 0 Å². The second-order valence-corrected chi connectivity index (χ2v) is 3.99. The Balaban J connectivity index is 2.44. The lowest BCUT2D eigenvalue weighted by molar-refractivity contribution is 0.185. The standard InChI is InChI=1S/C8H11ClOS/c1-6(10)2-3-8-7(9)4-5-11-8/h4-6,10H,2-3H2,1H3/t6-/m0/s1. The summed E-state index contributed by atoms with van der Waals surface area (Å²) in [6, 6.07) is 1.89. The van der Waals surface area contributed by atoms with E-state index < -0.39 is 0 Å². The van der Waals surface area contributed by atoms with Crippen molar-refractivity contribution in [2.24, 2.45) is 0 Å². The molecule has 1 aromatic rings. The fourth-order valence-corrected chi connectivity index (χ4v) is 1.99. The van der Waals surface area contributed by atoms with Gasteiger partial charge >= 0.3 is 0 Å². The molecule has 0 spiro atoms. The van der Waals surface area contributed by atoms with Gasteiger partial charge in [0, 0.05) is 4.88 Å². The molecule has 0 saturated heterocycles. The molecule has 0 saturated carbocycles. The highest BCUT2D eigenvalue weighted by atomic mass is 35.5. The number of aliphatic hydroxyl groups is 1. The molecular weight excluding hydrogens is 180 g/mol. The molecule has 0 unspecified atom stereocenters. The molecule has 1 rings (SSSR count). The van der Waals surface area contributed by atoms with E-state index in [0.717, 1.165) is 17.9 Å². The van der Waals surface area contributed by atoms with Gasteiger partial charge in [0.15, 0.2) is 0 Å². The van der Waals surface area contributed by atoms with Crippen molar-refractivity contribution in [2.75, 3.05) is 0 Å². The lowest BCUT2D eigenvalue weighted by Crippen LogP contribution is -2.00. The van der Waals surface area contributed by atoms with Gasteiger partial charge in [-0.1, -0.05) is 11.6 Å². The fraction of sp³-hybridized carbons (Fsp3) is 0.500. The largest absolute Gasteiger partial charge is 0.393 e. The molecule has 0 aliphatic carbocycles. The van der Waals surface area contributed by atoms with Crippen LogP contribution < -0.4 is 0 Å². The van der Waals surface area contributed by atoms with E-state index in [1.807, 2.05) is 11.4 Å². The van der Waals surface area contributed by atoms with Gasteiger partial charge in [0.25, 0.3) is 0 Å². The molecule has 0 radical (unpaired) electrons. The number of thiophene rings is 1. The van der Waals surface area contributed by atoms with E-state index in [-0.39, 0.29) is 6.10 Å². The second-order valence-electron chi connectivity index (χ2n) is 2.58. The summed E-state index contributed by atoms with van der Waals surface area (Å²) in [7, 11) is 0. The molecular formula is C8H11ClOS. The second kappa shape index (κ2) is 4.10. The summed E-state index contributed by atoms with van der Waals surface area (Å²) in [6.45, 7) is 1.79. The third kappa shape index (κ3) is 2.81. The van der Waals surface area contributed by atoms with Crippen LogP contribution >= 0.6 is 22.9 Å². The van der Waals surface area contributed by atoms with Crippen LogP contribution in [0, 0.1) is 0 Å². The molecule has 1 atom stereocenters. The van der Waals surface area contributed by atoms with E-state index in [2.05, 4.69) is 0 Å². The first-order valence-corrected chi connectivity index (χ1v) is 4.86. The van der Waals surface area contributed by atoms with Gasteiger partial charge < -0.3 is 5.11 Å². The van der Waals surface area contributed by atoms with Gasteiger partial charge in [-0.15, -0.1) is 11.3 Å². The smallest absolute Gasteiger partial charge is 0.0545 e. The minimum Gasteiger partial charge on any atom is -0.393 e. The predicted octanol–water partition coefficient (Wildman–Crippen LogP) is 2.71. The van der Waals surface area contributed by atoms with Gasteiger partial charge in [-0.2, -0.15) is 0 Å². The summed E-state index contributed by atoms with van der Waals surface area (Å²) in [6.07, 6.45) is 1.45. The Morgan fingerprint density at radius 1 is 1.73 bits per heavy atom. The van der Waals surface area contributed by atoms with E-state index in [1.54, 1.807) is 18.3 Å². The lowest BCUT2D eigenvalue weighted by Gasteiger charge is -2.01. The molecule has 0 aliphatic heterocycles. The SMILES string of the molecule is C[C@H](O)CCc1sccc1Cl. The molecule has 1 heterocycles. The Bertz CT molecular complexity index is 220.